The molecule has 0 bridgehead atoms. The molecule has 2 N–H and O–H groups in total. The first-order valence-corrected chi connectivity index (χ1v) is 8.79. The van der Waals surface area contributed by atoms with Crippen molar-refractivity contribution in [3.8, 4) is 5.75 Å². The Bertz CT molecular complexity index is 699. The molecule has 3 rings (SSSR count). The van der Waals surface area contributed by atoms with E-state index in [0.717, 1.165) is 41.6 Å². The van der Waals surface area contributed by atoms with Crippen LogP contribution < -0.4 is 15.4 Å². The summed E-state index contributed by atoms with van der Waals surface area (Å²) in [5, 5.41) is 8.72. The summed E-state index contributed by atoms with van der Waals surface area (Å²) in [6, 6.07) is 12.3. The minimum absolute atomic E-state index is 0. The molecule has 136 valence electrons. The maximum absolute atomic E-state index is 12.1. The molecule has 0 aliphatic carbocycles. The molecular weight excluding hydrogens is 336 g/mol. The SMILES string of the molecule is COc1ccc2cc(CNC(=O)CCC3CCNCC3)ccc2c1.Cl. The van der Waals surface area contributed by atoms with Crippen LogP contribution in [0.1, 0.15) is 31.2 Å². The summed E-state index contributed by atoms with van der Waals surface area (Å²) < 4.78 is 5.25. The molecule has 0 unspecified atom stereocenters. The minimum Gasteiger partial charge on any atom is -0.497 e. The number of nitrogens with one attached hydrogen (secondary N) is 2. The summed E-state index contributed by atoms with van der Waals surface area (Å²) >= 11 is 0. The predicted molar refractivity (Wildman–Crippen MR) is 104 cm³/mol. The molecule has 25 heavy (non-hydrogen) atoms. The van der Waals surface area contributed by atoms with E-state index in [1.807, 2.05) is 12.1 Å². The zero-order valence-corrected chi connectivity index (χ0v) is 15.5. The lowest BCUT2D eigenvalue weighted by molar-refractivity contribution is -0.121. The maximum atomic E-state index is 12.1. The second kappa shape index (κ2) is 9.64. The van der Waals surface area contributed by atoms with Gasteiger partial charge in [0.25, 0.3) is 0 Å². The van der Waals surface area contributed by atoms with Gasteiger partial charge in [0, 0.05) is 13.0 Å². The van der Waals surface area contributed by atoms with Gasteiger partial charge in [-0.05, 0) is 72.8 Å². The van der Waals surface area contributed by atoms with Gasteiger partial charge >= 0.3 is 0 Å². The molecule has 0 spiro atoms. The standard InChI is InChI=1S/C20H26N2O2.ClH/c1-24-19-6-5-17-12-16(2-4-18(17)13-19)14-22-20(23)7-3-15-8-10-21-11-9-15;/h2,4-6,12-13,15,21H,3,7-11,14H2,1H3,(H,22,23);1H. The number of carbonyl (C=O) groups is 1. The van der Waals surface area contributed by atoms with Crippen LogP contribution in [0.15, 0.2) is 36.4 Å². The van der Waals surface area contributed by atoms with Crippen molar-refractivity contribution in [2.24, 2.45) is 5.92 Å². The van der Waals surface area contributed by atoms with Gasteiger partial charge in [-0.15, -0.1) is 12.4 Å². The summed E-state index contributed by atoms with van der Waals surface area (Å²) in [5.41, 5.74) is 1.13. The van der Waals surface area contributed by atoms with Crippen LogP contribution in [-0.4, -0.2) is 26.1 Å². The second-order valence-electron chi connectivity index (χ2n) is 6.56. The number of hydrogen-bond donors (Lipinski definition) is 2. The number of amides is 1. The number of fused-ring (bicyclic) bond motifs is 1. The van der Waals surface area contributed by atoms with Crippen molar-refractivity contribution < 1.29 is 9.53 Å². The van der Waals surface area contributed by atoms with Crippen LogP contribution in [0.25, 0.3) is 10.8 Å². The van der Waals surface area contributed by atoms with E-state index in [2.05, 4.69) is 34.9 Å². The highest BCUT2D eigenvalue weighted by Gasteiger charge is 2.14. The molecule has 1 fully saturated rings. The fourth-order valence-electron chi connectivity index (χ4n) is 3.30. The van der Waals surface area contributed by atoms with Gasteiger partial charge in [0.1, 0.15) is 5.75 Å². The van der Waals surface area contributed by atoms with Crippen molar-refractivity contribution in [1.82, 2.24) is 10.6 Å². The van der Waals surface area contributed by atoms with Gasteiger partial charge in [-0.25, -0.2) is 0 Å². The molecule has 0 radical (unpaired) electrons. The van der Waals surface area contributed by atoms with Gasteiger partial charge in [0.15, 0.2) is 0 Å². The van der Waals surface area contributed by atoms with Gasteiger partial charge in [-0.2, -0.15) is 0 Å². The van der Waals surface area contributed by atoms with Crippen molar-refractivity contribution in [3.05, 3.63) is 42.0 Å². The highest BCUT2D eigenvalue weighted by molar-refractivity contribution is 5.85. The van der Waals surface area contributed by atoms with Crippen molar-refractivity contribution >= 4 is 29.1 Å². The van der Waals surface area contributed by atoms with Crippen molar-refractivity contribution in [1.29, 1.82) is 0 Å². The zero-order chi connectivity index (χ0) is 16.8. The third-order valence-corrected chi connectivity index (χ3v) is 4.84. The number of benzene rings is 2. The first kappa shape index (κ1) is 19.5. The third-order valence-electron chi connectivity index (χ3n) is 4.84. The fourth-order valence-corrected chi connectivity index (χ4v) is 3.30. The Morgan fingerprint density at radius 2 is 1.88 bits per heavy atom. The summed E-state index contributed by atoms with van der Waals surface area (Å²) in [6.07, 6.45) is 4.03. The molecule has 1 heterocycles. The molecule has 1 aliphatic rings. The van der Waals surface area contributed by atoms with Crippen LogP contribution in [0.3, 0.4) is 0 Å². The van der Waals surface area contributed by atoms with Gasteiger partial charge in [-0.3, -0.25) is 4.79 Å². The molecule has 4 nitrogen and oxygen atoms in total. The smallest absolute Gasteiger partial charge is 0.220 e. The van der Waals surface area contributed by atoms with Gasteiger partial charge in [0.2, 0.25) is 5.91 Å². The van der Waals surface area contributed by atoms with E-state index in [1.54, 1.807) is 7.11 Å². The van der Waals surface area contributed by atoms with E-state index in [-0.39, 0.29) is 18.3 Å². The normalized spacial score (nSPS) is 14.8. The zero-order valence-electron chi connectivity index (χ0n) is 14.7. The predicted octanol–water partition coefficient (Wildman–Crippen LogP) is 3.67. The Morgan fingerprint density at radius 1 is 1.16 bits per heavy atom. The minimum atomic E-state index is 0. The first-order chi connectivity index (χ1) is 11.7. The quantitative estimate of drug-likeness (QED) is 0.824. The van der Waals surface area contributed by atoms with Crippen LogP contribution in [-0.2, 0) is 11.3 Å². The second-order valence-corrected chi connectivity index (χ2v) is 6.56. The molecule has 0 aromatic heterocycles. The van der Waals surface area contributed by atoms with Crippen molar-refractivity contribution in [2.75, 3.05) is 20.2 Å². The Kier molecular flexibility index (Phi) is 7.53. The van der Waals surface area contributed by atoms with Crippen LogP contribution in [0.5, 0.6) is 5.75 Å². The first-order valence-electron chi connectivity index (χ1n) is 8.79. The van der Waals surface area contributed by atoms with E-state index < -0.39 is 0 Å². The number of ether oxygens (including phenoxy) is 1. The van der Waals surface area contributed by atoms with Crippen molar-refractivity contribution in [2.45, 2.75) is 32.2 Å². The highest BCUT2D eigenvalue weighted by atomic mass is 35.5. The number of carbonyl (C=O) groups excluding carboxylic acids is 1. The lowest BCUT2D eigenvalue weighted by atomic mass is 9.93. The maximum Gasteiger partial charge on any atom is 0.220 e. The lowest BCUT2D eigenvalue weighted by Gasteiger charge is -2.22. The average Bonchev–Trinajstić information content (AvgIpc) is 2.65. The summed E-state index contributed by atoms with van der Waals surface area (Å²) in [6.45, 7) is 2.77. The monoisotopic (exact) mass is 362 g/mol. The molecule has 2 aromatic rings. The van der Waals surface area contributed by atoms with Gasteiger partial charge in [0.05, 0.1) is 7.11 Å². The summed E-state index contributed by atoms with van der Waals surface area (Å²) in [5.74, 6) is 1.72. The molecule has 0 saturated carbocycles. The van der Waals surface area contributed by atoms with Crippen LogP contribution in [0.4, 0.5) is 0 Å². The van der Waals surface area contributed by atoms with E-state index in [1.165, 1.54) is 12.8 Å². The Labute approximate surface area is 155 Å². The van der Waals surface area contributed by atoms with E-state index in [4.69, 9.17) is 4.74 Å². The van der Waals surface area contributed by atoms with Crippen molar-refractivity contribution in [3.63, 3.8) is 0 Å². The number of rotatable bonds is 6. The third kappa shape index (κ3) is 5.62. The molecular formula is C20H27ClN2O2. The molecule has 2 aromatic carbocycles. The van der Waals surface area contributed by atoms with E-state index in [0.29, 0.717) is 18.9 Å². The van der Waals surface area contributed by atoms with Crippen LogP contribution >= 0.6 is 12.4 Å². The molecule has 1 saturated heterocycles. The van der Waals surface area contributed by atoms with Crippen LogP contribution in [0.2, 0.25) is 0 Å². The van der Waals surface area contributed by atoms with E-state index in [9.17, 15) is 4.79 Å². The largest absolute Gasteiger partial charge is 0.497 e. The number of methoxy groups -OCH3 is 1. The van der Waals surface area contributed by atoms with E-state index >= 15 is 0 Å². The Hall–Kier alpha value is -1.78. The topological polar surface area (TPSA) is 50.4 Å². The van der Waals surface area contributed by atoms with Gasteiger partial charge in [-0.1, -0.05) is 18.2 Å². The number of halogens is 1. The Balaban J connectivity index is 0.00000225. The van der Waals surface area contributed by atoms with Gasteiger partial charge < -0.3 is 15.4 Å². The average molecular weight is 363 g/mol. The lowest BCUT2D eigenvalue weighted by Crippen LogP contribution is -2.29. The molecule has 5 heteroatoms. The Morgan fingerprint density at radius 3 is 2.64 bits per heavy atom. The number of hydrogen-bond acceptors (Lipinski definition) is 3. The summed E-state index contributed by atoms with van der Waals surface area (Å²) in [4.78, 5) is 12.1. The fraction of sp³-hybridized carbons (Fsp3) is 0.450. The van der Waals surface area contributed by atoms with Crippen LogP contribution in [0, 0.1) is 5.92 Å². The highest BCUT2D eigenvalue weighted by Crippen LogP contribution is 2.22. The molecule has 0 atom stereocenters. The number of piperidine rings is 1. The summed E-state index contributed by atoms with van der Waals surface area (Å²) in [7, 11) is 1.68. The molecule has 1 amide bonds. The molecule has 1 aliphatic heterocycles.